The Morgan fingerprint density at radius 3 is 2.00 bits per heavy atom. The maximum atomic E-state index is 13.8. The van der Waals surface area contributed by atoms with E-state index in [1.165, 1.54) is 0 Å². The van der Waals surface area contributed by atoms with Crippen LogP contribution in [0.1, 0.15) is 12.0 Å². The van der Waals surface area contributed by atoms with Crippen molar-refractivity contribution in [1.82, 2.24) is 0 Å². The first-order valence-electron chi connectivity index (χ1n) is 5.43. The molecule has 0 heterocycles. The number of nitrogens with two attached hydrogens (primary N) is 1. The highest BCUT2D eigenvalue weighted by Crippen LogP contribution is 2.55. The van der Waals surface area contributed by atoms with Crippen LogP contribution in [0.25, 0.3) is 0 Å². The second-order valence-corrected chi connectivity index (χ2v) is 4.19. The summed E-state index contributed by atoms with van der Waals surface area (Å²) >= 11 is 0. The molecule has 0 saturated heterocycles. The molecule has 8 heteroatoms. The molecule has 1 amide bonds. The number of alkyl halides is 4. The molecule has 0 spiro atoms. The quantitative estimate of drug-likeness (QED) is 0.818. The molecular formula is C12H11F4NO3. The second-order valence-electron chi connectivity index (χ2n) is 4.19. The predicted octanol–water partition coefficient (Wildman–Crippen LogP) is 1.99. The van der Waals surface area contributed by atoms with Crippen LogP contribution >= 0.6 is 0 Å². The van der Waals surface area contributed by atoms with Gasteiger partial charge < -0.3 is 10.8 Å². The minimum Gasteiger partial charge on any atom is -0.475 e. The van der Waals surface area contributed by atoms with E-state index < -0.39 is 29.6 Å². The number of halogens is 4. The first-order valence-corrected chi connectivity index (χ1v) is 5.43. The van der Waals surface area contributed by atoms with Crippen molar-refractivity contribution in [3.05, 3.63) is 35.9 Å². The number of benzene rings is 1. The first kappa shape index (κ1) is 15.9. The van der Waals surface area contributed by atoms with Crippen LogP contribution in [0.3, 0.4) is 0 Å². The van der Waals surface area contributed by atoms with E-state index in [1.807, 2.05) is 6.07 Å². The molecule has 0 unspecified atom stereocenters. The number of carbonyl (C=O) groups excluding carboxylic acids is 1. The van der Waals surface area contributed by atoms with Crippen molar-refractivity contribution in [2.75, 3.05) is 0 Å². The molecule has 110 valence electrons. The van der Waals surface area contributed by atoms with Gasteiger partial charge in [-0.25, -0.2) is 9.18 Å². The molecule has 0 aromatic heterocycles. The SMILES string of the molecule is NC(=O)[C@H]1C[C@]1(F)c1ccccc1.O=C(O)C(F)(F)F. The van der Waals surface area contributed by atoms with Gasteiger partial charge in [0.05, 0.1) is 5.92 Å². The third kappa shape index (κ3) is 3.69. The van der Waals surface area contributed by atoms with Gasteiger partial charge in [0.15, 0.2) is 0 Å². The summed E-state index contributed by atoms with van der Waals surface area (Å²) in [5, 5.41) is 7.12. The molecule has 3 N–H and O–H groups in total. The minimum atomic E-state index is -5.08. The van der Waals surface area contributed by atoms with E-state index in [0.717, 1.165) is 0 Å². The van der Waals surface area contributed by atoms with Gasteiger partial charge in [-0.1, -0.05) is 30.3 Å². The summed E-state index contributed by atoms with van der Waals surface area (Å²) in [6, 6.07) is 8.69. The summed E-state index contributed by atoms with van der Waals surface area (Å²) in [5.41, 5.74) is 4.09. The van der Waals surface area contributed by atoms with E-state index in [4.69, 9.17) is 15.6 Å². The van der Waals surface area contributed by atoms with Crippen molar-refractivity contribution >= 4 is 11.9 Å². The molecular weight excluding hydrogens is 282 g/mol. The highest BCUT2D eigenvalue weighted by atomic mass is 19.4. The summed E-state index contributed by atoms with van der Waals surface area (Å²) in [6.45, 7) is 0. The Hall–Kier alpha value is -2.12. The van der Waals surface area contributed by atoms with Gasteiger partial charge in [-0.2, -0.15) is 13.2 Å². The van der Waals surface area contributed by atoms with Crippen LogP contribution in [0.15, 0.2) is 30.3 Å². The number of aliphatic carboxylic acids is 1. The van der Waals surface area contributed by atoms with Crippen LogP contribution in [-0.2, 0) is 15.3 Å². The molecule has 1 saturated carbocycles. The van der Waals surface area contributed by atoms with Crippen LogP contribution in [0.5, 0.6) is 0 Å². The Bertz CT molecular complexity index is 503. The Morgan fingerprint density at radius 1 is 1.25 bits per heavy atom. The molecule has 1 aliphatic rings. The third-order valence-corrected chi connectivity index (χ3v) is 2.73. The van der Waals surface area contributed by atoms with Gasteiger partial charge in [0, 0.05) is 6.42 Å². The zero-order valence-electron chi connectivity index (χ0n) is 10.0. The number of hydrogen-bond acceptors (Lipinski definition) is 2. The van der Waals surface area contributed by atoms with Crippen molar-refractivity contribution in [2.45, 2.75) is 18.3 Å². The molecule has 1 aliphatic carbocycles. The number of hydrogen-bond donors (Lipinski definition) is 2. The summed E-state index contributed by atoms with van der Waals surface area (Å²) < 4.78 is 45.6. The van der Waals surface area contributed by atoms with Gasteiger partial charge in [-0.3, -0.25) is 4.79 Å². The predicted molar refractivity (Wildman–Crippen MR) is 60.2 cm³/mol. The molecule has 0 radical (unpaired) electrons. The van der Waals surface area contributed by atoms with Crippen molar-refractivity contribution in [2.24, 2.45) is 11.7 Å². The summed E-state index contributed by atoms with van der Waals surface area (Å²) in [6.07, 6.45) is -4.85. The van der Waals surface area contributed by atoms with Crippen LogP contribution < -0.4 is 5.73 Å². The molecule has 0 aliphatic heterocycles. The van der Waals surface area contributed by atoms with Gasteiger partial charge in [0.1, 0.15) is 5.67 Å². The largest absolute Gasteiger partial charge is 0.490 e. The van der Waals surface area contributed by atoms with Crippen LogP contribution in [0.2, 0.25) is 0 Å². The fourth-order valence-corrected chi connectivity index (χ4v) is 1.60. The third-order valence-electron chi connectivity index (χ3n) is 2.73. The zero-order valence-corrected chi connectivity index (χ0v) is 10.0. The van der Waals surface area contributed by atoms with Gasteiger partial charge in [0.2, 0.25) is 5.91 Å². The summed E-state index contributed by atoms with van der Waals surface area (Å²) in [4.78, 5) is 19.6. The molecule has 2 rings (SSSR count). The van der Waals surface area contributed by atoms with Gasteiger partial charge in [0.25, 0.3) is 0 Å². The Balaban J connectivity index is 0.000000246. The van der Waals surface area contributed by atoms with E-state index in [0.29, 0.717) is 5.56 Å². The lowest BCUT2D eigenvalue weighted by molar-refractivity contribution is -0.192. The fraction of sp³-hybridized carbons (Fsp3) is 0.333. The number of amides is 1. The lowest BCUT2D eigenvalue weighted by Crippen LogP contribution is -2.21. The topological polar surface area (TPSA) is 80.4 Å². The highest BCUT2D eigenvalue weighted by Gasteiger charge is 2.60. The average Bonchev–Trinajstić information content (AvgIpc) is 3.04. The Labute approximate surface area is 111 Å². The molecule has 1 fully saturated rings. The Morgan fingerprint density at radius 2 is 1.70 bits per heavy atom. The maximum Gasteiger partial charge on any atom is 0.490 e. The van der Waals surface area contributed by atoms with Crippen LogP contribution in [-0.4, -0.2) is 23.2 Å². The summed E-state index contributed by atoms with van der Waals surface area (Å²) in [5.74, 6) is -3.94. The first-order chi connectivity index (χ1) is 9.09. The molecule has 2 atom stereocenters. The number of carboxylic acid groups (broad SMARTS) is 1. The summed E-state index contributed by atoms with van der Waals surface area (Å²) in [7, 11) is 0. The number of primary amides is 1. The van der Waals surface area contributed by atoms with E-state index in [1.54, 1.807) is 24.3 Å². The molecule has 1 aromatic carbocycles. The van der Waals surface area contributed by atoms with Crippen LogP contribution in [0, 0.1) is 5.92 Å². The lowest BCUT2D eigenvalue weighted by Gasteiger charge is -2.05. The number of rotatable bonds is 2. The molecule has 20 heavy (non-hydrogen) atoms. The smallest absolute Gasteiger partial charge is 0.475 e. The molecule has 1 aromatic rings. The highest BCUT2D eigenvalue weighted by molar-refractivity contribution is 5.82. The standard InChI is InChI=1S/C10H10FNO.C2HF3O2/c11-10(6-8(10)9(12)13)7-4-2-1-3-5-7;3-2(4,5)1(6)7/h1-5,8H,6H2,(H2,12,13);(H,6,7)/t8-,10+;/m1./s1. The fourth-order valence-electron chi connectivity index (χ4n) is 1.60. The van der Waals surface area contributed by atoms with E-state index >= 15 is 0 Å². The maximum absolute atomic E-state index is 13.8. The van der Waals surface area contributed by atoms with Crippen molar-refractivity contribution < 1.29 is 32.3 Å². The van der Waals surface area contributed by atoms with E-state index in [-0.39, 0.29) is 6.42 Å². The van der Waals surface area contributed by atoms with E-state index in [2.05, 4.69) is 0 Å². The van der Waals surface area contributed by atoms with Gasteiger partial charge >= 0.3 is 12.1 Å². The minimum absolute atomic E-state index is 0.229. The van der Waals surface area contributed by atoms with Crippen molar-refractivity contribution in [3.8, 4) is 0 Å². The van der Waals surface area contributed by atoms with Gasteiger partial charge in [-0.15, -0.1) is 0 Å². The lowest BCUT2D eigenvalue weighted by atomic mass is 10.1. The average molecular weight is 293 g/mol. The van der Waals surface area contributed by atoms with Gasteiger partial charge in [-0.05, 0) is 5.56 Å². The normalized spacial score (nSPS) is 24.3. The number of carboxylic acids is 1. The van der Waals surface area contributed by atoms with Crippen molar-refractivity contribution in [1.29, 1.82) is 0 Å². The monoisotopic (exact) mass is 293 g/mol. The molecule has 4 nitrogen and oxygen atoms in total. The van der Waals surface area contributed by atoms with E-state index in [9.17, 15) is 22.4 Å². The van der Waals surface area contributed by atoms with Crippen LogP contribution in [0.4, 0.5) is 17.6 Å². The van der Waals surface area contributed by atoms with Crippen molar-refractivity contribution in [3.63, 3.8) is 0 Å². The zero-order chi connectivity index (χ0) is 15.6. The second kappa shape index (κ2) is 5.48. The number of carbonyl (C=O) groups is 2. The molecule has 0 bridgehead atoms. The Kier molecular flexibility index (Phi) is 4.36.